The van der Waals surface area contributed by atoms with E-state index in [0.29, 0.717) is 5.40 Å². The van der Waals surface area contributed by atoms with Crippen molar-refractivity contribution in [3.05, 3.63) is 18.2 Å². The second-order valence-corrected chi connectivity index (χ2v) is 6.95. The van der Waals surface area contributed by atoms with Crippen LogP contribution in [0.5, 0.6) is 5.75 Å². The molecular formula is C9H16OP4. The van der Waals surface area contributed by atoms with Crippen molar-refractivity contribution in [2.75, 3.05) is 6.61 Å². The lowest BCUT2D eigenvalue weighted by Gasteiger charge is -2.09. The topological polar surface area (TPSA) is 9.23 Å². The van der Waals surface area contributed by atoms with E-state index in [1.165, 1.54) is 0 Å². The molecule has 0 saturated heterocycles. The number of benzene rings is 1. The predicted molar refractivity (Wildman–Crippen MR) is 78.5 cm³/mol. The Morgan fingerprint density at radius 2 is 1.64 bits per heavy atom. The molecule has 4 atom stereocenters. The highest BCUT2D eigenvalue weighted by atomic mass is 31.1. The van der Waals surface area contributed by atoms with Gasteiger partial charge in [-0.05, 0) is 40.6 Å². The van der Waals surface area contributed by atoms with Gasteiger partial charge in [-0.15, -0.1) is 37.0 Å². The van der Waals surface area contributed by atoms with Crippen LogP contribution in [0.3, 0.4) is 0 Å². The second kappa shape index (κ2) is 6.35. The van der Waals surface area contributed by atoms with Gasteiger partial charge in [0.2, 0.25) is 0 Å². The third kappa shape index (κ3) is 5.00. The molecule has 0 aliphatic heterocycles. The Bertz CT molecular complexity index is 281. The summed E-state index contributed by atoms with van der Waals surface area (Å²) in [4.78, 5) is 0. The lowest BCUT2D eigenvalue weighted by molar-refractivity contribution is 0.317. The minimum absolute atomic E-state index is 0.532. The summed E-state index contributed by atoms with van der Waals surface area (Å²) in [5, 5.41) is 2.84. The molecule has 0 bridgehead atoms. The highest BCUT2D eigenvalue weighted by Crippen LogP contribution is 2.15. The van der Waals surface area contributed by atoms with Crippen LogP contribution < -0.4 is 15.3 Å². The maximum Gasteiger partial charge on any atom is 0.120 e. The van der Waals surface area contributed by atoms with Crippen molar-refractivity contribution < 1.29 is 4.74 Å². The third-order valence-electron chi connectivity index (χ3n) is 1.67. The Morgan fingerprint density at radius 1 is 1.07 bits per heavy atom. The molecule has 0 aliphatic carbocycles. The predicted octanol–water partition coefficient (Wildman–Crippen LogP) is 1.53. The highest BCUT2D eigenvalue weighted by Gasteiger charge is 1.98. The van der Waals surface area contributed by atoms with Crippen molar-refractivity contribution in [2.24, 2.45) is 0 Å². The molecule has 4 unspecified atom stereocenters. The molecule has 5 heteroatoms. The van der Waals surface area contributed by atoms with Crippen molar-refractivity contribution in [1.29, 1.82) is 0 Å². The summed E-state index contributed by atoms with van der Waals surface area (Å²) in [6.07, 6.45) is 1.03. The first-order valence-electron chi connectivity index (χ1n) is 4.38. The standard InChI is InChI=1S/C9H16OP4/c11-7-3-6(4-8(12)5-7)10-2-1-9(13)14/h3-5,9H,1-2,11-14H2. The van der Waals surface area contributed by atoms with Crippen molar-refractivity contribution >= 4 is 47.6 Å². The van der Waals surface area contributed by atoms with Gasteiger partial charge in [0, 0.05) is 0 Å². The van der Waals surface area contributed by atoms with Crippen LogP contribution in [0.15, 0.2) is 18.2 Å². The van der Waals surface area contributed by atoms with Crippen LogP contribution in [-0.2, 0) is 0 Å². The number of hydrogen-bond donors (Lipinski definition) is 0. The highest BCUT2D eigenvalue weighted by molar-refractivity contribution is 7.37. The van der Waals surface area contributed by atoms with Gasteiger partial charge in [0.25, 0.3) is 0 Å². The maximum absolute atomic E-state index is 5.63. The lowest BCUT2D eigenvalue weighted by atomic mass is 10.3. The van der Waals surface area contributed by atoms with E-state index in [4.69, 9.17) is 4.74 Å². The summed E-state index contributed by atoms with van der Waals surface area (Å²) < 4.78 is 5.63. The molecule has 78 valence electrons. The molecule has 1 aromatic carbocycles. The number of hydrogen-bond acceptors (Lipinski definition) is 1. The minimum Gasteiger partial charge on any atom is -0.494 e. The summed E-state index contributed by atoms with van der Waals surface area (Å²) in [6, 6.07) is 6.13. The molecule has 0 saturated carbocycles. The van der Waals surface area contributed by atoms with Gasteiger partial charge in [0.15, 0.2) is 0 Å². The largest absolute Gasteiger partial charge is 0.494 e. The average molecular weight is 264 g/mol. The van der Waals surface area contributed by atoms with Crippen molar-refractivity contribution in [3.63, 3.8) is 0 Å². The fraction of sp³-hybridized carbons (Fsp3) is 0.333. The lowest BCUT2D eigenvalue weighted by Crippen LogP contribution is -2.06. The van der Waals surface area contributed by atoms with Crippen LogP contribution in [0.1, 0.15) is 6.42 Å². The molecule has 0 N–H and O–H groups in total. The molecule has 1 rings (SSSR count). The minimum atomic E-state index is 0.532. The van der Waals surface area contributed by atoms with E-state index in [1.54, 1.807) is 0 Å². The Morgan fingerprint density at radius 3 is 2.14 bits per heavy atom. The van der Waals surface area contributed by atoms with E-state index in [2.05, 4.69) is 43.0 Å². The van der Waals surface area contributed by atoms with E-state index in [1.807, 2.05) is 12.1 Å². The molecule has 0 spiro atoms. The molecule has 0 amide bonds. The zero-order valence-electron chi connectivity index (χ0n) is 7.94. The third-order valence-corrected chi connectivity index (χ3v) is 3.00. The van der Waals surface area contributed by atoms with E-state index in [0.717, 1.165) is 29.4 Å². The Balaban J connectivity index is 2.50. The van der Waals surface area contributed by atoms with Gasteiger partial charge in [-0.1, -0.05) is 0 Å². The molecular weight excluding hydrogens is 248 g/mol. The molecule has 14 heavy (non-hydrogen) atoms. The van der Waals surface area contributed by atoms with Gasteiger partial charge in [-0.2, -0.15) is 0 Å². The Labute approximate surface area is 95.0 Å². The molecule has 0 aliphatic rings. The quantitative estimate of drug-likeness (QED) is 0.749. The number of rotatable bonds is 4. The van der Waals surface area contributed by atoms with E-state index in [9.17, 15) is 0 Å². The van der Waals surface area contributed by atoms with Gasteiger partial charge < -0.3 is 4.74 Å². The zero-order valence-corrected chi connectivity index (χ0v) is 12.6. The molecule has 0 radical (unpaired) electrons. The zero-order chi connectivity index (χ0) is 10.6. The van der Waals surface area contributed by atoms with Crippen molar-refractivity contribution in [1.82, 2.24) is 0 Å². The SMILES string of the molecule is Pc1cc(P)cc(OCCC(P)P)c1. The first kappa shape index (κ1) is 12.8. The Kier molecular flexibility index (Phi) is 5.81. The molecule has 0 aromatic heterocycles. The van der Waals surface area contributed by atoms with Crippen LogP contribution in [-0.4, -0.2) is 12.0 Å². The summed E-state index contributed by atoms with van der Waals surface area (Å²) in [7, 11) is 10.8. The van der Waals surface area contributed by atoms with E-state index < -0.39 is 0 Å². The van der Waals surface area contributed by atoms with Crippen LogP contribution in [0.2, 0.25) is 0 Å². The monoisotopic (exact) mass is 264 g/mol. The summed E-state index contributed by atoms with van der Waals surface area (Å²) in [5.74, 6) is 0.943. The first-order chi connectivity index (χ1) is 6.58. The van der Waals surface area contributed by atoms with Crippen LogP contribution in [0.25, 0.3) is 0 Å². The number of ether oxygens (including phenoxy) is 1. The summed E-state index contributed by atoms with van der Waals surface area (Å²) in [5.41, 5.74) is 0. The van der Waals surface area contributed by atoms with E-state index >= 15 is 0 Å². The summed E-state index contributed by atoms with van der Waals surface area (Å²) in [6.45, 7) is 0.760. The van der Waals surface area contributed by atoms with Gasteiger partial charge in [-0.25, -0.2) is 0 Å². The van der Waals surface area contributed by atoms with Crippen molar-refractivity contribution in [3.8, 4) is 5.75 Å². The fourth-order valence-electron chi connectivity index (χ4n) is 1.04. The van der Waals surface area contributed by atoms with Crippen LogP contribution in [0, 0.1) is 0 Å². The van der Waals surface area contributed by atoms with Gasteiger partial charge in [0.05, 0.1) is 6.61 Å². The molecule has 1 aromatic rings. The van der Waals surface area contributed by atoms with Gasteiger partial charge in [-0.3, -0.25) is 0 Å². The second-order valence-electron chi connectivity index (χ2n) is 3.14. The van der Waals surface area contributed by atoms with Gasteiger partial charge in [0.1, 0.15) is 5.75 Å². The van der Waals surface area contributed by atoms with Crippen molar-refractivity contribution in [2.45, 2.75) is 11.8 Å². The van der Waals surface area contributed by atoms with Crippen LogP contribution in [0.4, 0.5) is 0 Å². The molecule has 0 heterocycles. The maximum atomic E-state index is 5.63. The summed E-state index contributed by atoms with van der Waals surface area (Å²) >= 11 is 0. The van der Waals surface area contributed by atoms with Crippen LogP contribution >= 0.6 is 37.0 Å². The fourth-order valence-corrected chi connectivity index (χ4v) is 2.22. The smallest absolute Gasteiger partial charge is 0.120 e. The average Bonchev–Trinajstić information content (AvgIpc) is 2.01. The normalized spacial score (nSPS) is 10.6. The Hall–Kier alpha value is 0.740. The molecule has 1 nitrogen and oxygen atoms in total. The van der Waals surface area contributed by atoms with Gasteiger partial charge >= 0.3 is 0 Å². The first-order valence-corrected chi connectivity index (χ1v) is 6.87. The van der Waals surface area contributed by atoms with E-state index in [-0.39, 0.29) is 0 Å². The molecule has 0 fully saturated rings.